The smallest absolute Gasteiger partial charge is 0.261 e. The van der Waals surface area contributed by atoms with E-state index in [2.05, 4.69) is 5.32 Å². The number of hydrogen-bond donors (Lipinski definition) is 1. The normalized spacial score (nSPS) is 11.7. The molecule has 2 rings (SSSR count). The van der Waals surface area contributed by atoms with Gasteiger partial charge in [-0.25, -0.2) is 0 Å². The Hall–Kier alpha value is -2.43. The van der Waals surface area contributed by atoms with Gasteiger partial charge in [-0.3, -0.25) is 4.79 Å². The topological polar surface area (TPSA) is 60.7 Å². The van der Waals surface area contributed by atoms with Crippen molar-refractivity contribution in [2.45, 2.75) is 26.0 Å². The zero-order chi connectivity index (χ0) is 15.1. The fraction of sp³-hybridized carbons (Fsp3) is 0.312. The lowest BCUT2D eigenvalue weighted by molar-refractivity contribution is -0.128. The Morgan fingerprint density at radius 1 is 1.29 bits per heavy atom. The maximum atomic E-state index is 12.1. The van der Waals surface area contributed by atoms with Gasteiger partial charge in [0.25, 0.3) is 5.91 Å². The van der Waals surface area contributed by atoms with E-state index >= 15 is 0 Å². The van der Waals surface area contributed by atoms with Gasteiger partial charge in [0.05, 0.1) is 19.9 Å². The van der Waals surface area contributed by atoms with Crippen molar-refractivity contribution in [3.05, 3.63) is 48.4 Å². The minimum Gasteiger partial charge on any atom is -0.497 e. The Kier molecular flexibility index (Phi) is 5.26. The van der Waals surface area contributed by atoms with Crippen molar-refractivity contribution in [2.75, 3.05) is 7.11 Å². The first-order valence-electron chi connectivity index (χ1n) is 6.83. The fourth-order valence-electron chi connectivity index (χ4n) is 1.86. The Balaban J connectivity index is 1.93. The van der Waals surface area contributed by atoms with E-state index in [0.717, 1.165) is 0 Å². The molecule has 0 spiro atoms. The summed E-state index contributed by atoms with van der Waals surface area (Å²) < 4.78 is 16.0. The van der Waals surface area contributed by atoms with Gasteiger partial charge in [-0.15, -0.1) is 0 Å². The highest BCUT2D eigenvalue weighted by atomic mass is 16.5. The molecule has 1 heterocycles. The van der Waals surface area contributed by atoms with Crippen LogP contribution in [0.1, 0.15) is 19.1 Å². The van der Waals surface area contributed by atoms with E-state index in [4.69, 9.17) is 13.9 Å². The molecule has 1 unspecified atom stereocenters. The third kappa shape index (κ3) is 4.27. The van der Waals surface area contributed by atoms with Crippen molar-refractivity contribution < 1.29 is 18.7 Å². The van der Waals surface area contributed by atoms with Gasteiger partial charge in [-0.05, 0) is 30.7 Å². The highest BCUT2D eigenvalue weighted by Crippen LogP contribution is 2.20. The third-order valence-electron chi connectivity index (χ3n) is 3.00. The van der Waals surface area contributed by atoms with Crippen LogP contribution in [-0.2, 0) is 11.3 Å². The average molecular weight is 289 g/mol. The van der Waals surface area contributed by atoms with Crippen LogP contribution in [-0.4, -0.2) is 19.1 Å². The molecule has 0 radical (unpaired) electrons. The van der Waals surface area contributed by atoms with Gasteiger partial charge < -0.3 is 19.2 Å². The summed E-state index contributed by atoms with van der Waals surface area (Å²) in [6.45, 7) is 2.25. The summed E-state index contributed by atoms with van der Waals surface area (Å²) in [5, 5.41) is 2.80. The molecule has 1 amide bonds. The van der Waals surface area contributed by atoms with Crippen LogP contribution in [0.25, 0.3) is 0 Å². The zero-order valence-electron chi connectivity index (χ0n) is 12.2. The van der Waals surface area contributed by atoms with Gasteiger partial charge in [0, 0.05) is 6.07 Å². The van der Waals surface area contributed by atoms with Crippen LogP contribution in [0.3, 0.4) is 0 Å². The maximum Gasteiger partial charge on any atom is 0.261 e. The number of hydrogen-bond acceptors (Lipinski definition) is 4. The van der Waals surface area contributed by atoms with Crippen molar-refractivity contribution in [2.24, 2.45) is 0 Å². The monoisotopic (exact) mass is 289 g/mol. The second-order valence-corrected chi connectivity index (χ2v) is 4.49. The van der Waals surface area contributed by atoms with Crippen molar-refractivity contribution in [3.63, 3.8) is 0 Å². The maximum absolute atomic E-state index is 12.1. The lowest BCUT2D eigenvalue weighted by Crippen LogP contribution is -2.37. The van der Waals surface area contributed by atoms with Crippen molar-refractivity contribution in [1.29, 1.82) is 0 Å². The number of ether oxygens (including phenoxy) is 2. The summed E-state index contributed by atoms with van der Waals surface area (Å²) in [6, 6.07) is 10.8. The lowest BCUT2D eigenvalue weighted by atomic mass is 10.2. The van der Waals surface area contributed by atoms with Crippen LogP contribution < -0.4 is 14.8 Å². The summed E-state index contributed by atoms with van der Waals surface area (Å²) in [4.78, 5) is 12.1. The number of carbonyl (C=O) groups is 1. The Bertz CT molecular complexity index is 565. The van der Waals surface area contributed by atoms with Crippen molar-refractivity contribution >= 4 is 5.91 Å². The standard InChI is InChI=1S/C16H19NO4/c1-3-15(16(18)17-11-14-8-5-9-20-14)21-13-7-4-6-12(10-13)19-2/h4-10,15H,3,11H2,1-2H3,(H,17,18). The Morgan fingerprint density at radius 3 is 2.76 bits per heavy atom. The van der Waals surface area contributed by atoms with E-state index in [-0.39, 0.29) is 5.91 Å². The quantitative estimate of drug-likeness (QED) is 0.851. The lowest BCUT2D eigenvalue weighted by Gasteiger charge is -2.17. The molecule has 0 fully saturated rings. The van der Waals surface area contributed by atoms with E-state index in [1.54, 1.807) is 31.6 Å². The minimum atomic E-state index is -0.549. The second kappa shape index (κ2) is 7.38. The van der Waals surface area contributed by atoms with Gasteiger partial charge in [0.2, 0.25) is 0 Å². The largest absolute Gasteiger partial charge is 0.497 e. The molecular formula is C16H19NO4. The highest BCUT2D eigenvalue weighted by molar-refractivity contribution is 5.81. The molecule has 0 aliphatic heterocycles. The van der Waals surface area contributed by atoms with Crippen LogP contribution in [0, 0.1) is 0 Å². The molecule has 5 heteroatoms. The van der Waals surface area contributed by atoms with E-state index in [1.807, 2.05) is 25.1 Å². The van der Waals surface area contributed by atoms with Crippen LogP contribution in [0.4, 0.5) is 0 Å². The van der Waals surface area contributed by atoms with Crippen molar-refractivity contribution in [1.82, 2.24) is 5.32 Å². The molecular weight excluding hydrogens is 270 g/mol. The molecule has 112 valence electrons. The molecule has 0 saturated carbocycles. The first-order valence-corrected chi connectivity index (χ1v) is 6.83. The first kappa shape index (κ1) is 15.0. The SMILES string of the molecule is CCC(Oc1cccc(OC)c1)C(=O)NCc1ccco1. The summed E-state index contributed by atoms with van der Waals surface area (Å²) in [6.07, 6.45) is 1.60. The van der Waals surface area contributed by atoms with Gasteiger partial charge in [0.15, 0.2) is 6.10 Å². The van der Waals surface area contributed by atoms with E-state index in [1.165, 1.54) is 0 Å². The molecule has 0 aliphatic carbocycles. The number of furan rings is 1. The summed E-state index contributed by atoms with van der Waals surface area (Å²) in [5.41, 5.74) is 0. The van der Waals surface area contributed by atoms with Gasteiger partial charge in [-0.1, -0.05) is 13.0 Å². The number of amides is 1. The van der Waals surface area contributed by atoms with Gasteiger partial charge >= 0.3 is 0 Å². The Morgan fingerprint density at radius 2 is 2.10 bits per heavy atom. The zero-order valence-corrected chi connectivity index (χ0v) is 12.2. The molecule has 21 heavy (non-hydrogen) atoms. The Labute approximate surface area is 123 Å². The molecule has 5 nitrogen and oxygen atoms in total. The summed E-state index contributed by atoms with van der Waals surface area (Å²) >= 11 is 0. The van der Waals surface area contributed by atoms with Crippen LogP contribution in [0.2, 0.25) is 0 Å². The third-order valence-corrected chi connectivity index (χ3v) is 3.00. The van der Waals surface area contributed by atoms with E-state index < -0.39 is 6.10 Å². The predicted molar refractivity (Wildman–Crippen MR) is 78.3 cm³/mol. The number of methoxy groups -OCH3 is 1. The predicted octanol–water partition coefficient (Wildman–Crippen LogP) is 2.76. The average Bonchev–Trinajstić information content (AvgIpc) is 3.04. The van der Waals surface area contributed by atoms with Gasteiger partial charge in [0.1, 0.15) is 17.3 Å². The number of rotatable bonds is 7. The summed E-state index contributed by atoms with van der Waals surface area (Å²) in [5.74, 6) is 1.84. The number of carbonyl (C=O) groups excluding carboxylic acids is 1. The summed E-state index contributed by atoms with van der Waals surface area (Å²) in [7, 11) is 1.59. The molecule has 0 saturated heterocycles. The molecule has 1 atom stereocenters. The van der Waals surface area contributed by atoms with Crippen LogP contribution in [0.15, 0.2) is 47.1 Å². The van der Waals surface area contributed by atoms with E-state index in [9.17, 15) is 4.79 Å². The fourth-order valence-corrected chi connectivity index (χ4v) is 1.86. The van der Waals surface area contributed by atoms with Crippen LogP contribution in [0.5, 0.6) is 11.5 Å². The molecule has 0 aliphatic rings. The number of nitrogens with one attached hydrogen (secondary N) is 1. The molecule has 1 aromatic heterocycles. The molecule has 0 bridgehead atoms. The van der Waals surface area contributed by atoms with Crippen LogP contribution >= 0.6 is 0 Å². The highest BCUT2D eigenvalue weighted by Gasteiger charge is 2.18. The molecule has 1 aromatic carbocycles. The van der Waals surface area contributed by atoms with E-state index in [0.29, 0.717) is 30.2 Å². The van der Waals surface area contributed by atoms with Crippen molar-refractivity contribution in [3.8, 4) is 11.5 Å². The number of benzene rings is 1. The first-order chi connectivity index (χ1) is 10.2. The molecule has 1 N–H and O–H groups in total. The second-order valence-electron chi connectivity index (χ2n) is 4.49. The minimum absolute atomic E-state index is 0.170. The van der Waals surface area contributed by atoms with Gasteiger partial charge in [-0.2, -0.15) is 0 Å². The molecule has 2 aromatic rings.